The van der Waals surface area contributed by atoms with E-state index in [1.807, 2.05) is 11.3 Å². The van der Waals surface area contributed by atoms with Crippen LogP contribution in [0.2, 0.25) is 0 Å². The number of pyridine rings is 1. The Morgan fingerprint density at radius 3 is 2.59 bits per heavy atom. The van der Waals surface area contributed by atoms with Crippen LogP contribution in [0.25, 0.3) is 16.9 Å². The Labute approximate surface area is 196 Å². The second-order valence-electron chi connectivity index (χ2n) is 9.01. The predicted octanol–water partition coefficient (Wildman–Crippen LogP) is 3.71. The summed E-state index contributed by atoms with van der Waals surface area (Å²) < 4.78 is 15.7. The third-order valence-electron chi connectivity index (χ3n) is 6.69. The number of fused-ring (bicyclic) bond motifs is 1. The lowest BCUT2D eigenvalue weighted by Gasteiger charge is -2.23. The van der Waals surface area contributed by atoms with E-state index >= 15 is 0 Å². The van der Waals surface area contributed by atoms with Crippen molar-refractivity contribution in [1.82, 2.24) is 24.3 Å². The molecule has 0 bridgehead atoms. The molecule has 0 spiro atoms. The third-order valence-corrected chi connectivity index (χ3v) is 6.69. The number of nitrogen functional groups attached to an aromatic ring is 1. The van der Waals surface area contributed by atoms with E-state index in [0.717, 1.165) is 30.7 Å². The molecule has 4 aromatic rings. The minimum Gasteiger partial charge on any atom is -0.397 e. The van der Waals surface area contributed by atoms with Gasteiger partial charge in [0.1, 0.15) is 17.2 Å². The van der Waals surface area contributed by atoms with E-state index in [9.17, 15) is 9.18 Å². The van der Waals surface area contributed by atoms with Gasteiger partial charge in [-0.25, -0.2) is 14.4 Å². The van der Waals surface area contributed by atoms with Crippen LogP contribution in [0, 0.1) is 12.7 Å². The number of nitrogens with zero attached hydrogens (tertiary/aromatic N) is 5. The van der Waals surface area contributed by atoms with Crippen molar-refractivity contribution in [3.8, 4) is 11.3 Å². The highest BCUT2D eigenvalue weighted by atomic mass is 19.1. The van der Waals surface area contributed by atoms with Crippen LogP contribution in [0.1, 0.15) is 34.7 Å². The molecule has 1 aliphatic rings. The summed E-state index contributed by atoms with van der Waals surface area (Å²) in [6.07, 6.45) is 7.40. The highest BCUT2D eigenvalue weighted by Crippen LogP contribution is 2.44. The number of hydrogen-bond acceptors (Lipinski definition) is 6. The van der Waals surface area contributed by atoms with Crippen molar-refractivity contribution in [2.75, 3.05) is 25.1 Å². The fourth-order valence-corrected chi connectivity index (χ4v) is 4.42. The molecule has 3 N–H and O–H groups in total. The van der Waals surface area contributed by atoms with E-state index in [-0.39, 0.29) is 17.1 Å². The summed E-state index contributed by atoms with van der Waals surface area (Å²) >= 11 is 0. The number of anilines is 2. The molecular formula is C25H26FN7O. The van der Waals surface area contributed by atoms with Crippen LogP contribution in [0.3, 0.4) is 0 Å². The number of nitrogens with one attached hydrogen (secondary N) is 1. The predicted molar refractivity (Wildman–Crippen MR) is 129 cm³/mol. The number of aromatic nitrogens is 4. The van der Waals surface area contributed by atoms with Gasteiger partial charge in [-0.2, -0.15) is 0 Å². The molecule has 0 unspecified atom stereocenters. The molecule has 1 aliphatic carbocycles. The molecule has 1 aromatic carbocycles. The van der Waals surface area contributed by atoms with Crippen LogP contribution < -0.4 is 11.1 Å². The first-order valence-corrected chi connectivity index (χ1v) is 11.1. The largest absolute Gasteiger partial charge is 0.397 e. The average Bonchev–Trinajstić information content (AvgIpc) is 3.55. The summed E-state index contributed by atoms with van der Waals surface area (Å²) in [6, 6.07) is 7.87. The van der Waals surface area contributed by atoms with Crippen molar-refractivity contribution in [3.05, 3.63) is 71.8 Å². The molecule has 1 saturated carbocycles. The van der Waals surface area contributed by atoms with Gasteiger partial charge in [0.05, 0.1) is 29.0 Å². The zero-order valence-corrected chi connectivity index (χ0v) is 19.3. The van der Waals surface area contributed by atoms with E-state index in [1.165, 1.54) is 30.7 Å². The number of imidazole rings is 1. The third kappa shape index (κ3) is 3.77. The Bertz CT molecular complexity index is 1380. The average molecular weight is 460 g/mol. The van der Waals surface area contributed by atoms with Gasteiger partial charge in [-0.1, -0.05) is 0 Å². The van der Waals surface area contributed by atoms with Crippen LogP contribution in [0.4, 0.5) is 15.8 Å². The molecule has 34 heavy (non-hydrogen) atoms. The SMILES string of the molecule is Cc1c(CC2(N(C)C)CC2)nc2cc(N)c(NC(=O)c3cnccn3)c(-c3ccc(F)cc3)n12. The maximum absolute atomic E-state index is 13.7. The van der Waals surface area contributed by atoms with Crippen LogP contribution in [-0.4, -0.2) is 49.8 Å². The quantitative estimate of drug-likeness (QED) is 0.456. The zero-order chi connectivity index (χ0) is 24.0. The highest BCUT2D eigenvalue weighted by Gasteiger charge is 2.45. The Kier molecular flexibility index (Phi) is 5.28. The zero-order valence-electron chi connectivity index (χ0n) is 19.3. The summed E-state index contributed by atoms with van der Waals surface area (Å²) in [5.41, 5.74) is 11.4. The molecule has 0 radical (unpaired) electrons. The van der Waals surface area contributed by atoms with Crippen molar-refractivity contribution in [1.29, 1.82) is 0 Å². The fraction of sp³-hybridized carbons (Fsp3) is 0.280. The van der Waals surface area contributed by atoms with Gasteiger partial charge in [0.2, 0.25) is 0 Å². The van der Waals surface area contributed by atoms with Crippen molar-refractivity contribution in [3.63, 3.8) is 0 Å². The van der Waals surface area contributed by atoms with E-state index in [2.05, 4.69) is 34.3 Å². The number of carbonyl (C=O) groups excluding carboxylic acids is 1. The summed E-state index contributed by atoms with van der Waals surface area (Å²) in [6.45, 7) is 2.01. The van der Waals surface area contributed by atoms with Crippen LogP contribution in [0.15, 0.2) is 48.9 Å². The van der Waals surface area contributed by atoms with Crippen molar-refractivity contribution in [2.24, 2.45) is 0 Å². The first kappa shape index (κ1) is 22.0. The standard InChI is InChI=1S/C25H26FN7O/c1-15-19(13-25(8-9-25)32(2)3)30-21-12-18(27)22(31-24(34)20-14-28-10-11-29-20)23(33(15)21)16-4-6-17(26)7-5-16/h4-7,10-12,14H,8-9,13,27H2,1-3H3,(H,31,34). The molecule has 0 aliphatic heterocycles. The van der Waals surface area contributed by atoms with Gasteiger partial charge >= 0.3 is 0 Å². The van der Waals surface area contributed by atoms with Crippen molar-refractivity contribution >= 4 is 22.9 Å². The maximum atomic E-state index is 13.7. The molecule has 1 amide bonds. The van der Waals surface area contributed by atoms with Gasteiger partial charge in [0.25, 0.3) is 5.91 Å². The fourth-order valence-electron chi connectivity index (χ4n) is 4.42. The monoisotopic (exact) mass is 459 g/mol. The number of aryl methyl sites for hydroxylation is 1. The van der Waals surface area contributed by atoms with Gasteiger partial charge in [-0.3, -0.25) is 14.2 Å². The van der Waals surface area contributed by atoms with Gasteiger partial charge in [0.15, 0.2) is 0 Å². The minimum absolute atomic E-state index is 0.118. The molecule has 1 fully saturated rings. The van der Waals surface area contributed by atoms with Crippen molar-refractivity contribution < 1.29 is 9.18 Å². The van der Waals surface area contributed by atoms with Crippen LogP contribution >= 0.6 is 0 Å². The van der Waals surface area contributed by atoms with Gasteiger partial charge < -0.3 is 16.0 Å². The van der Waals surface area contributed by atoms with Gasteiger partial charge in [-0.15, -0.1) is 0 Å². The first-order chi connectivity index (χ1) is 16.3. The number of hydrogen-bond donors (Lipinski definition) is 2. The number of likely N-dealkylation sites (N-methyl/N-ethyl adjacent to an activating group) is 1. The topological polar surface area (TPSA) is 101 Å². The van der Waals surface area contributed by atoms with E-state index < -0.39 is 5.91 Å². The second-order valence-corrected chi connectivity index (χ2v) is 9.01. The summed E-state index contributed by atoms with van der Waals surface area (Å²) in [5.74, 6) is -0.788. The molecule has 0 saturated heterocycles. The van der Waals surface area contributed by atoms with E-state index in [4.69, 9.17) is 10.7 Å². The van der Waals surface area contributed by atoms with Crippen molar-refractivity contribution in [2.45, 2.75) is 31.7 Å². The second kappa shape index (κ2) is 8.18. The molecule has 0 atom stereocenters. The van der Waals surface area contributed by atoms with E-state index in [1.54, 1.807) is 18.2 Å². The molecule has 174 valence electrons. The smallest absolute Gasteiger partial charge is 0.275 e. The number of benzene rings is 1. The molecule has 5 rings (SSSR count). The normalized spacial score (nSPS) is 14.5. The number of amides is 1. The van der Waals surface area contributed by atoms with Gasteiger partial charge in [0, 0.05) is 41.7 Å². The minimum atomic E-state index is -0.440. The number of halogens is 1. The Morgan fingerprint density at radius 2 is 1.97 bits per heavy atom. The van der Waals surface area contributed by atoms with Crippen LogP contribution in [-0.2, 0) is 6.42 Å². The molecule has 3 aromatic heterocycles. The maximum Gasteiger partial charge on any atom is 0.275 e. The number of carbonyl (C=O) groups is 1. The Morgan fingerprint density at radius 1 is 1.24 bits per heavy atom. The number of nitrogens with two attached hydrogens (primary N) is 1. The highest BCUT2D eigenvalue weighted by molar-refractivity contribution is 6.07. The lowest BCUT2D eigenvalue weighted by Crippen LogP contribution is -2.32. The molecular weight excluding hydrogens is 433 g/mol. The van der Waals surface area contributed by atoms with Crippen LogP contribution in [0.5, 0.6) is 0 Å². The molecule has 9 heteroatoms. The summed E-state index contributed by atoms with van der Waals surface area (Å²) in [5, 5.41) is 2.90. The summed E-state index contributed by atoms with van der Waals surface area (Å²) in [4.78, 5) is 28.2. The molecule has 3 heterocycles. The lowest BCUT2D eigenvalue weighted by atomic mass is 10.1. The number of rotatable bonds is 6. The Balaban J connectivity index is 1.68. The van der Waals surface area contributed by atoms with E-state index in [0.29, 0.717) is 28.3 Å². The summed E-state index contributed by atoms with van der Waals surface area (Å²) in [7, 11) is 4.19. The van der Waals surface area contributed by atoms with Gasteiger partial charge in [-0.05, 0) is 58.1 Å². The molecule has 8 nitrogen and oxygen atoms in total. The lowest BCUT2D eigenvalue weighted by molar-refractivity contribution is 0.102. The first-order valence-electron chi connectivity index (χ1n) is 11.1. The Hall–Kier alpha value is -3.85.